The van der Waals surface area contributed by atoms with Gasteiger partial charge in [-0.3, -0.25) is 9.59 Å². The Morgan fingerprint density at radius 2 is 1.18 bits per heavy atom. The zero-order valence-corrected chi connectivity index (χ0v) is 22.7. The zero-order chi connectivity index (χ0) is 27.3. The lowest BCUT2D eigenvalue weighted by atomic mass is 9.87. The topological polar surface area (TPSA) is 49.4 Å². The number of carbonyl (C=O) groups is 2. The third-order valence-corrected chi connectivity index (χ3v) is 7.08. The van der Waals surface area contributed by atoms with E-state index in [2.05, 4.69) is 36.5 Å². The molecule has 1 N–H and O–H groups in total. The molecule has 200 valence electrons. The van der Waals surface area contributed by atoms with E-state index in [0.29, 0.717) is 19.5 Å². The van der Waals surface area contributed by atoms with E-state index in [1.165, 1.54) is 0 Å². The SMILES string of the molecule is CCCCNC(=O)[C@H](Cc1ccccc1)N(Cc1ccccc1)C(=O)CC(c1ccccc1)c1ccccc1. The first-order valence-corrected chi connectivity index (χ1v) is 13.9. The Morgan fingerprint density at radius 1 is 0.692 bits per heavy atom. The van der Waals surface area contributed by atoms with E-state index >= 15 is 0 Å². The maximum atomic E-state index is 14.3. The molecule has 1 atom stereocenters. The average molecular weight is 519 g/mol. The van der Waals surface area contributed by atoms with E-state index < -0.39 is 6.04 Å². The lowest BCUT2D eigenvalue weighted by Gasteiger charge is -2.33. The molecular weight excluding hydrogens is 480 g/mol. The summed E-state index contributed by atoms with van der Waals surface area (Å²) in [5.41, 5.74) is 4.20. The lowest BCUT2D eigenvalue weighted by Crippen LogP contribution is -2.51. The van der Waals surface area contributed by atoms with E-state index in [1.54, 1.807) is 4.90 Å². The summed E-state index contributed by atoms with van der Waals surface area (Å²) in [6.07, 6.45) is 2.62. The molecule has 0 heterocycles. The van der Waals surface area contributed by atoms with Crippen LogP contribution in [0.3, 0.4) is 0 Å². The van der Waals surface area contributed by atoms with Crippen LogP contribution in [0.1, 0.15) is 54.4 Å². The minimum atomic E-state index is -0.621. The van der Waals surface area contributed by atoms with E-state index in [4.69, 9.17) is 0 Å². The molecule has 0 aliphatic heterocycles. The van der Waals surface area contributed by atoms with Crippen LogP contribution in [0.15, 0.2) is 121 Å². The molecule has 0 bridgehead atoms. The van der Waals surface area contributed by atoms with E-state index in [1.807, 2.05) is 97.1 Å². The van der Waals surface area contributed by atoms with E-state index in [9.17, 15) is 9.59 Å². The molecule has 4 aromatic rings. The van der Waals surface area contributed by atoms with Crippen LogP contribution in [0, 0.1) is 0 Å². The summed E-state index contributed by atoms with van der Waals surface area (Å²) in [6, 6.07) is 39.6. The summed E-state index contributed by atoms with van der Waals surface area (Å²) in [5, 5.41) is 3.11. The molecule has 0 saturated carbocycles. The van der Waals surface area contributed by atoms with Gasteiger partial charge in [0.25, 0.3) is 0 Å². The predicted octanol–water partition coefficient (Wildman–Crippen LogP) is 6.77. The van der Waals surface area contributed by atoms with Gasteiger partial charge in [-0.2, -0.15) is 0 Å². The van der Waals surface area contributed by atoms with Crippen LogP contribution in [0.2, 0.25) is 0 Å². The van der Waals surface area contributed by atoms with Crippen LogP contribution in [-0.2, 0) is 22.6 Å². The fourth-order valence-corrected chi connectivity index (χ4v) is 4.93. The van der Waals surface area contributed by atoms with Crippen molar-refractivity contribution in [1.29, 1.82) is 0 Å². The summed E-state index contributed by atoms with van der Waals surface area (Å²) in [6.45, 7) is 3.07. The number of amides is 2. The highest BCUT2D eigenvalue weighted by Crippen LogP contribution is 2.29. The summed E-state index contributed by atoms with van der Waals surface area (Å²) in [4.78, 5) is 29.8. The molecule has 4 rings (SSSR count). The lowest BCUT2D eigenvalue weighted by molar-refractivity contribution is -0.141. The fourth-order valence-electron chi connectivity index (χ4n) is 4.93. The molecule has 0 aliphatic carbocycles. The highest BCUT2D eigenvalue weighted by Gasteiger charge is 2.32. The number of unbranched alkanes of at least 4 members (excludes halogenated alkanes) is 1. The summed E-state index contributed by atoms with van der Waals surface area (Å²) in [5.74, 6) is -0.255. The highest BCUT2D eigenvalue weighted by molar-refractivity contribution is 5.88. The molecule has 0 aliphatic rings. The third-order valence-electron chi connectivity index (χ3n) is 7.08. The molecular formula is C35H38N2O2. The number of nitrogens with one attached hydrogen (secondary N) is 1. The normalized spacial score (nSPS) is 11.6. The van der Waals surface area contributed by atoms with Gasteiger partial charge in [0.05, 0.1) is 0 Å². The van der Waals surface area contributed by atoms with Crippen LogP contribution in [0.25, 0.3) is 0 Å². The molecule has 0 fully saturated rings. The number of rotatable bonds is 13. The summed E-state index contributed by atoms with van der Waals surface area (Å²) < 4.78 is 0. The molecule has 4 aromatic carbocycles. The first-order chi connectivity index (χ1) is 19.2. The molecule has 0 radical (unpaired) electrons. The Hall–Kier alpha value is -4.18. The first kappa shape index (κ1) is 27.8. The minimum Gasteiger partial charge on any atom is -0.354 e. The third kappa shape index (κ3) is 8.15. The Labute approximate surface area is 232 Å². The predicted molar refractivity (Wildman–Crippen MR) is 158 cm³/mol. The second-order valence-corrected chi connectivity index (χ2v) is 9.94. The second kappa shape index (κ2) is 14.7. The highest BCUT2D eigenvalue weighted by atomic mass is 16.2. The number of benzene rings is 4. The van der Waals surface area contributed by atoms with Gasteiger partial charge in [-0.15, -0.1) is 0 Å². The second-order valence-electron chi connectivity index (χ2n) is 9.94. The van der Waals surface area contributed by atoms with Crippen LogP contribution in [0.4, 0.5) is 0 Å². The van der Waals surface area contributed by atoms with Crippen LogP contribution < -0.4 is 5.32 Å². The minimum absolute atomic E-state index is 0.0388. The van der Waals surface area contributed by atoms with Crippen molar-refractivity contribution in [2.45, 2.75) is 51.1 Å². The zero-order valence-electron chi connectivity index (χ0n) is 22.7. The summed E-state index contributed by atoms with van der Waals surface area (Å²) >= 11 is 0. The molecule has 4 nitrogen and oxygen atoms in total. The Balaban J connectivity index is 1.69. The van der Waals surface area contributed by atoms with E-state index in [0.717, 1.165) is 35.1 Å². The number of hydrogen-bond donors (Lipinski definition) is 1. The van der Waals surface area contributed by atoms with Gasteiger partial charge in [-0.1, -0.05) is 135 Å². The molecule has 0 aromatic heterocycles. The van der Waals surface area contributed by atoms with Gasteiger partial charge in [-0.05, 0) is 28.7 Å². The average Bonchev–Trinajstić information content (AvgIpc) is 2.99. The van der Waals surface area contributed by atoms with Gasteiger partial charge in [-0.25, -0.2) is 0 Å². The van der Waals surface area contributed by atoms with E-state index in [-0.39, 0.29) is 24.2 Å². The van der Waals surface area contributed by atoms with Crippen LogP contribution >= 0.6 is 0 Å². The molecule has 0 spiro atoms. The van der Waals surface area contributed by atoms with Crippen molar-refractivity contribution in [3.05, 3.63) is 144 Å². The van der Waals surface area contributed by atoms with Crippen molar-refractivity contribution in [2.75, 3.05) is 6.54 Å². The van der Waals surface area contributed by atoms with Crippen LogP contribution in [0.5, 0.6) is 0 Å². The van der Waals surface area contributed by atoms with Gasteiger partial charge in [0.2, 0.25) is 11.8 Å². The number of carbonyl (C=O) groups excluding carboxylic acids is 2. The maximum Gasteiger partial charge on any atom is 0.243 e. The fraction of sp³-hybridized carbons (Fsp3) is 0.257. The van der Waals surface area contributed by atoms with Gasteiger partial charge in [0.1, 0.15) is 6.04 Å². The molecule has 0 unspecified atom stereocenters. The molecule has 39 heavy (non-hydrogen) atoms. The largest absolute Gasteiger partial charge is 0.354 e. The maximum absolute atomic E-state index is 14.3. The molecule has 0 saturated heterocycles. The Kier molecular flexibility index (Phi) is 10.5. The van der Waals surface area contributed by atoms with Gasteiger partial charge >= 0.3 is 0 Å². The van der Waals surface area contributed by atoms with Gasteiger partial charge in [0, 0.05) is 31.8 Å². The smallest absolute Gasteiger partial charge is 0.243 e. The first-order valence-electron chi connectivity index (χ1n) is 13.9. The van der Waals surface area contributed by atoms with Crippen molar-refractivity contribution in [1.82, 2.24) is 10.2 Å². The Morgan fingerprint density at radius 3 is 1.69 bits per heavy atom. The molecule has 2 amide bonds. The Bertz CT molecular complexity index is 1240. The van der Waals surface area contributed by atoms with Crippen molar-refractivity contribution in [3.8, 4) is 0 Å². The van der Waals surface area contributed by atoms with Gasteiger partial charge in [0.15, 0.2) is 0 Å². The van der Waals surface area contributed by atoms with Crippen molar-refractivity contribution in [2.24, 2.45) is 0 Å². The quantitative estimate of drug-likeness (QED) is 0.199. The van der Waals surface area contributed by atoms with Crippen molar-refractivity contribution < 1.29 is 9.59 Å². The molecule has 4 heteroatoms. The van der Waals surface area contributed by atoms with Crippen molar-refractivity contribution >= 4 is 11.8 Å². The standard InChI is InChI=1S/C35H38N2O2/c1-2-3-24-36-35(39)33(25-28-16-8-4-9-17-28)37(27-29-18-10-5-11-19-29)34(38)26-32(30-20-12-6-13-21-30)31-22-14-7-15-23-31/h4-23,32-33H,2-3,24-27H2,1H3,(H,36,39)/t33-/m0/s1. The number of hydrogen-bond acceptors (Lipinski definition) is 2. The summed E-state index contributed by atoms with van der Waals surface area (Å²) in [7, 11) is 0. The van der Waals surface area contributed by atoms with Gasteiger partial charge < -0.3 is 10.2 Å². The van der Waals surface area contributed by atoms with Crippen LogP contribution in [-0.4, -0.2) is 29.3 Å². The van der Waals surface area contributed by atoms with Crippen molar-refractivity contribution in [3.63, 3.8) is 0 Å². The monoisotopic (exact) mass is 518 g/mol. The number of nitrogens with zero attached hydrogens (tertiary/aromatic N) is 1.